The van der Waals surface area contributed by atoms with Crippen molar-refractivity contribution in [2.24, 2.45) is 0 Å². The van der Waals surface area contributed by atoms with Gasteiger partial charge < -0.3 is 10.1 Å². The zero-order valence-electron chi connectivity index (χ0n) is 12.3. The number of esters is 1. The molecule has 0 radical (unpaired) electrons. The van der Waals surface area contributed by atoms with E-state index < -0.39 is 11.9 Å². The van der Waals surface area contributed by atoms with Gasteiger partial charge in [-0.2, -0.15) is 0 Å². The minimum atomic E-state index is -0.640. The molecule has 24 heavy (non-hydrogen) atoms. The van der Waals surface area contributed by atoms with Crippen LogP contribution in [0.15, 0.2) is 48.5 Å². The largest absolute Gasteiger partial charge is 0.452 e. The Morgan fingerprint density at radius 2 is 1.92 bits per heavy atom. The number of hydrogen-bond donors (Lipinski definition) is 1. The molecule has 0 aliphatic rings. The van der Waals surface area contributed by atoms with E-state index in [9.17, 15) is 9.59 Å². The number of halogens is 3. The van der Waals surface area contributed by atoms with E-state index in [1.807, 2.05) is 18.2 Å². The number of benzene rings is 2. The second kappa shape index (κ2) is 9.05. The van der Waals surface area contributed by atoms with E-state index in [1.54, 1.807) is 24.3 Å². The normalized spacial score (nSPS) is 10.6. The smallest absolute Gasteiger partial charge is 0.331 e. The molecular formula is C17H12Cl2INO3. The van der Waals surface area contributed by atoms with Crippen LogP contribution in [0.3, 0.4) is 0 Å². The molecule has 4 nitrogen and oxygen atoms in total. The molecule has 124 valence electrons. The van der Waals surface area contributed by atoms with Crippen molar-refractivity contribution >= 4 is 69.4 Å². The molecule has 7 heteroatoms. The van der Waals surface area contributed by atoms with Crippen LogP contribution < -0.4 is 5.32 Å². The van der Waals surface area contributed by atoms with Gasteiger partial charge >= 0.3 is 5.97 Å². The second-order valence-corrected chi connectivity index (χ2v) is 6.64. The molecule has 0 spiro atoms. The third-order valence-electron chi connectivity index (χ3n) is 2.85. The molecule has 0 saturated heterocycles. The van der Waals surface area contributed by atoms with E-state index in [4.69, 9.17) is 27.9 Å². The predicted octanol–water partition coefficient (Wildman–Crippen LogP) is 4.79. The molecule has 2 rings (SSSR count). The Labute approximate surface area is 162 Å². The van der Waals surface area contributed by atoms with E-state index in [2.05, 4.69) is 27.9 Å². The van der Waals surface area contributed by atoms with Crippen LogP contribution in [0.4, 0.5) is 5.69 Å². The number of carbonyl (C=O) groups is 2. The number of amides is 1. The SMILES string of the molecule is O=C(COC(=O)/C=C/c1ccc(Cl)cc1Cl)Nc1ccccc1I. The van der Waals surface area contributed by atoms with Crippen LogP contribution in [0.5, 0.6) is 0 Å². The molecule has 0 saturated carbocycles. The van der Waals surface area contributed by atoms with Crippen molar-refractivity contribution in [2.45, 2.75) is 0 Å². The maximum atomic E-state index is 11.8. The fraction of sp³-hybridized carbons (Fsp3) is 0.0588. The first kappa shape index (κ1) is 18.8. The molecule has 0 atom stereocenters. The van der Waals surface area contributed by atoms with Gasteiger partial charge in [-0.1, -0.05) is 41.4 Å². The van der Waals surface area contributed by atoms with Crippen molar-refractivity contribution in [1.82, 2.24) is 0 Å². The quantitative estimate of drug-likeness (QED) is 0.384. The Kier molecular flexibility index (Phi) is 7.08. The van der Waals surface area contributed by atoms with Gasteiger partial charge in [0.1, 0.15) is 0 Å². The second-order valence-electron chi connectivity index (χ2n) is 4.63. The summed E-state index contributed by atoms with van der Waals surface area (Å²) in [5, 5.41) is 3.60. The molecule has 2 aromatic carbocycles. The van der Waals surface area contributed by atoms with E-state index in [1.165, 1.54) is 12.2 Å². The van der Waals surface area contributed by atoms with Crippen molar-refractivity contribution in [1.29, 1.82) is 0 Å². The Morgan fingerprint density at radius 3 is 2.62 bits per heavy atom. The third kappa shape index (κ3) is 5.81. The van der Waals surface area contributed by atoms with E-state index in [0.29, 0.717) is 21.3 Å². The lowest BCUT2D eigenvalue weighted by Crippen LogP contribution is -2.20. The summed E-state index contributed by atoms with van der Waals surface area (Å²) in [6.07, 6.45) is 2.70. The first-order valence-corrected chi connectivity index (χ1v) is 8.63. The number of rotatable bonds is 5. The first-order valence-electron chi connectivity index (χ1n) is 6.80. The van der Waals surface area contributed by atoms with Gasteiger partial charge in [0.05, 0.1) is 5.69 Å². The monoisotopic (exact) mass is 475 g/mol. The molecular weight excluding hydrogens is 464 g/mol. The minimum Gasteiger partial charge on any atom is -0.452 e. The van der Waals surface area contributed by atoms with Gasteiger partial charge in [0.2, 0.25) is 0 Å². The summed E-state index contributed by atoms with van der Waals surface area (Å²) in [7, 11) is 0. The third-order valence-corrected chi connectivity index (χ3v) is 4.36. The molecule has 0 aromatic heterocycles. The van der Waals surface area contributed by atoms with Gasteiger partial charge in [0.15, 0.2) is 6.61 Å². The van der Waals surface area contributed by atoms with Crippen LogP contribution >= 0.6 is 45.8 Å². The lowest BCUT2D eigenvalue weighted by atomic mass is 10.2. The van der Waals surface area contributed by atoms with E-state index in [-0.39, 0.29) is 6.61 Å². The van der Waals surface area contributed by atoms with Crippen LogP contribution in [0.25, 0.3) is 6.08 Å². The van der Waals surface area contributed by atoms with Gasteiger partial charge in [-0.25, -0.2) is 4.79 Å². The highest BCUT2D eigenvalue weighted by Gasteiger charge is 2.07. The molecule has 0 bridgehead atoms. The topological polar surface area (TPSA) is 55.4 Å². The van der Waals surface area contributed by atoms with Crippen molar-refractivity contribution in [3.63, 3.8) is 0 Å². The van der Waals surface area contributed by atoms with Gasteiger partial charge in [0.25, 0.3) is 5.91 Å². The Morgan fingerprint density at radius 1 is 1.17 bits per heavy atom. The highest BCUT2D eigenvalue weighted by molar-refractivity contribution is 14.1. The number of carbonyl (C=O) groups excluding carboxylic acids is 2. The Bertz CT molecular complexity index is 793. The Balaban J connectivity index is 1.85. The summed E-state index contributed by atoms with van der Waals surface area (Å²) in [4.78, 5) is 23.4. The zero-order valence-corrected chi connectivity index (χ0v) is 15.9. The number of hydrogen-bond acceptors (Lipinski definition) is 3. The molecule has 0 aliphatic heterocycles. The molecule has 1 N–H and O–H groups in total. The summed E-state index contributed by atoms with van der Waals surface area (Å²) in [5.41, 5.74) is 1.30. The maximum Gasteiger partial charge on any atom is 0.331 e. The summed E-state index contributed by atoms with van der Waals surface area (Å²) >= 11 is 13.9. The van der Waals surface area contributed by atoms with Crippen molar-refractivity contribution < 1.29 is 14.3 Å². The van der Waals surface area contributed by atoms with Crippen LogP contribution in [-0.4, -0.2) is 18.5 Å². The average molecular weight is 476 g/mol. The van der Waals surface area contributed by atoms with Crippen molar-refractivity contribution in [3.05, 3.63) is 67.7 Å². The van der Waals surface area contributed by atoms with Crippen molar-refractivity contribution in [3.8, 4) is 0 Å². The van der Waals surface area contributed by atoms with Gasteiger partial charge in [-0.15, -0.1) is 0 Å². The van der Waals surface area contributed by atoms with Crippen LogP contribution in [0.1, 0.15) is 5.56 Å². The van der Waals surface area contributed by atoms with E-state index in [0.717, 1.165) is 3.57 Å². The lowest BCUT2D eigenvalue weighted by molar-refractivity contribution is -0.142. The summed E-state index contributed by atoms with van der Waals surface area (Å²) in [6.45, 7) is -0.373. The molecule has 0 unspecified atom stereocenters. The first-order chi connectivity index (χ1) is 11.5. The molecule has 1 amide bonds. The Hall–Kier alpha value is -1.57. The minimum absolute atomic E-state index is 0.373. The number of ether oxygens (including phenoxy) is 1. The fourth-order valence-corrected chi connectivity index (χ4v) is 2.72. The summed E-state index contributed by atoms with van der Waals surface area (Å²) in [5.74, 6) is -1.05. The highest BCUT2D eigenvalue weighted by Crippen LogP contribution is 2.22. The number of anilines is 1. The van der Waals surface area contributed by atoms with Crippen molar-refractivity contribution in [2.75, 3.05) is 11.9 Å². The number of para-hydroxylation sites is 1. The highest BCUT2D eigenvalue weighted by atomic mass is 127. The van der Waals surface area contributed by atoms with Crippen LogP contribution in [-0.2, 0) is 14.3 Å². The zero-order chi connectivity index (χ0) is 17.5. The predicted molar refractivity (Wildman–Crippen MR) is 104 cm³/mol. The standard InChI is InChI=1S/C17H12Cl2INO3/c18-12-7-5-11(13(19)9-12)6-8-17(23)24-10-16(22)21-15-4-2-1-3-14(15)20/h1-9H,10H2,(H,21,22)/b8-6+. The van der Waals surface area contributed by atoms with Crippen LogP contribution in [0, 0.1) is 3.57 Å². The van der Waals surface area contributed by atoms with Gasteiger partial charge in [0, 0.05) is 19.7 Å². The number of nitrogens with one attached hydrogen (secondary N) is 1. The molecule has 0 fully saturated rings. The molecule has 2 aromatic rings. The average Bonchev–Trinajstić information content (AvgIpc) is 2.54. The summed E-state index contributed by atoms with van der Waals surface area (Å²) < 4.78 is 5.79. The van der Waals surface area contributed by atoms with E-state index >= 15 is 0 Å². The van der Waals surface area contributed by atoms with Gasteiger partial charge in [-0.3, -0.25) is 4.79 Å². The fourth-order valence-electron chi connectivity index (χ4n) is 1.73. The maximum absolute atomic E-state index is 11.8. The van der Waals surface area contributed by atoms with Gasteiger partial charge in [-0.05, 0) is 58.5 Å². The molecule has 0 aliphatic carbocycles. The summed E-state index contributed by atoms with van der Waals surface area (Å²) in [6, 6.07) is 12.2. The van der Waals surface area contributed by atoms with Crippen LogP contribution in [0.2, 0.25) is 10.0 Å². The lowest BCUT2D eigenvalue weighted by Gasteiger charge is -2.07. The molecule has 0 heterocycles.